The Morgan fingerprint density at radius 1 is 1.17 bits per heavy atom. The number of rotatable bonds is 1. The Balaban J connectivity index is 1.70. The number of hydrogen-bond acceptors (Lipinski definition) is 5. The second-order valence-electron chi connectivity index (χ2n) is 7.92. The van der Waals surface area contributed by atoms with Gasteiger partial charge in [0.05, 0.1) is 13.1 Å². The molecule has 1 heterocycles. The zero-order valence-electron chi connectivity index (χ0n) is 17.5. The third kappa shape index (κ3) is 6.19. The molecule has 0 aromatic heterocycles. The first-order valence-corrected chi connectivity index (χ1v) is 10.5. The van der Waals surface area contributed by atoms with Crippen molar-refractivity contribution in [3.05, 3.63) is 41.9 Å². The smallest absolute Gasteiger partial charge is 0.239 e. The van der Waals surface area contributed by atoms with Gasteiger partial charge in [0.15, 0.2) is 11.6 Å². The third-order valence-electron chi connectivity index (χ3n) is 5.48. The minimum absolute atomic E-state index is 0.0358. The highest BCUT2D eigenvalue weighted by Gasteiger charge is 2.34. The fourth-order valence-corrected chi connectivity index (χ4v) is 3.62. The van der Waals surface area contributed by atoms with Crippen molar-refractivity contribution in [3.8, 4) is 5.75 Å². The van der Waals surface area contributed by atoms with E-state index in [9.17, 15) is 14.0 Å². The van der Waals surface area contributed by atoms with Crippen LogP contribution in [0.15, 0.2) is 30.5 Å². The van der Waals surface area contributed by atoms with Gasteiger partial charge in [0.2, 0.25) is 11.8 Å². The number of amides is 2. The van der Waals surface area contributed by atoms with Crippen LogP contribution in [-0.2, 0) is 16.0 Å². The fourth-order valence-electron chi connectivity index (χ4n) is 3.62. The number of benzene rings is 1. The van der Waals surface area contributed by atoms with E-state index in [1.165, 1.54) is 6.07 Å². The predicted octanol–water partition coefficient (Wildman–Crippen LogP) is 1.20. The Hall–Kier alpha value is -2.61. The van der Waals surface area contributed by atoms with E-state index in [1.54, 1.807) is 6.07 Å². The van der Waals surface area contributed by atoms with Crippen LogP contribution in [0.2, 0.25) is 0 Å². The summed E-state index contributed by atoms with van der Waals surface area (Å²) in [4.78, 5) is 26.0. The van der Waals surface area contributed by atoms with E-state index in [-0.39, 0.29) is 42.5 Å². The first-order chi connectivity index (χ1) is 14.5. The zero-order chi connectivity index (χ0) is 21.5. The van der Waals surface area contributed by atoms with Gasteiger partial charge in [-0.2, -0.15) is 0 Å². The summed E-state index contributed by atoms with van der Waals surface area (Å²) in [6.07, 6.45) is 3.44. The molecule has 3 rings (SSSR count). The van der Waals surface area contributed by atoms with Crippen molar-refractivity contribution in [1.29, 1.82) is 0 Å². The molecule has 1 aromatic carbocycles. The van der Waals surface area contributed by atoms with Gasteiger partial charge in [-0.3, -0.25) is 9.59 Å². The molecule has 2 aliphatic rings. The molecule has 7 nitrogen and oxygen atoms in total. The minimum atomic E-state index is -0.378. The summed E-state index contributed by atoms with van der Waals surface area (Å²) >= 11 is 0. The van der Waals surface area contributed by atoms with Crippen molar-refractivity contribution in [3.63, 3.8) is 0 Å². The van der Waals surface area contributed by atoms with Crippen LogP contribution in [-0.4, -0.2) is 62.6 Å². The lowest BCUT2D eigenvalue weighted by molar-refractivity contribution is -0.126. The van der Waals surface area contributed by atoms with E-state index >= 15 is 0 Å². The Morgan fingerprint density at radius 3 is 2.73 bits per heavy atom. The Kier molecular flexibility index (Phi) is 7.68. The van der Waals surface area contributed by atoms with Crippen LogP contribution in [0.5, 0.6) is 5.75 Å². The number of hydrogen-bond donors (Lipinski definition) is 3. The molecule has 3 N–H and O–H groups in total. The maximum absolute atomic E-state index is 14.3. The predicted molar refractivity (Wildman–Crippen MR) is 113 cm³/mol. The Bertz CT molecular complexity index is 782. The largest absolute Gasteiger partial charge is 0.489 e. The molecule has 2 amide bonds. The number of nitrogens with one attached hydrogen (secondary N) is 3. The highest BCUT2D eigenvalue weighted by atomic mass is 19.1. The van der Waals surface area contributed by atoms with E-state index < -0.39 is 0 Å². The molecular weight excluding hydrogens is 387 g/mol. The summed E-state index contributed by atoms with van der Waals surface area (Å²) in [6, 6.07) is 4.94. The molecule has 0 spiro atoms. The SMILES string of the molecule is C=C1C(C2CC2)NCCOc2c(F)cccc2CCCNC(=O)CNC(=O)CN1C. The lowest BCUT2D eigenvalue weighted by Gasteiger charge is -2.29. The van der Waals surface area contributed by atoms with E-state index in [4.69, 9.17) is 4.74 Å². The fraction of sp³-hybridized carbons (Fsp3) is 0.545. The number of carbonyl (C=O) groups is 2. The molecule has 164 valence electrons. The van der Waals surface area contributed by atoms with Crippen molar-refractivity contribution in [1.82, 2.24) is 20.9 Å². The number of nitrogens with zero attached hydrogens (tertiary/aromatic N) is 1. The monoisotopic (exact) mass is 418 g/mol. The molecule has 8 heteroatoms. The van der Waals surface area contributed by atoms with Gasteiger partial charge in [0.25, 0.3) is 0 Å². The number of aryl methyl sites for hydroxylation is 1. The maximum atomic E-state index is 14.3. The number of likely N-dealkylation sites (N-methyl/N-ethyl adjacent to an activating group) is 1. The van der Waals surface area contributed by atoms with Crippen LogP contribution in [0.4, 0.5) is 4.39 Å². The van der Waals surface area contributed by atoms with Crippen molar-refractivity contribution in [2.24, 2.45) is 5.92 Å². The number of ether oxygens (including phenoxy) is 1. The van der Waals surface area contributed by atoms with Crippen LogP contribution < -0.4 is 20.7 Å². The zero-order valence-corrected chi connectivity index (χ0v) is 17.5. The Labute approximate surface area is 177 Å². The van der Waals surface area contributed by atoms with Gasteiger partial charge < -0.3 is 25.6 Å². The Morgan fingerprint density at radius 2 is 1.97 bits per heavy atom. The molecule has 1 aliphatic carbocycles. The molecule has 1 aliphatic heterocycles. The molecule has 1 saturated carbocycles. The summed E-state index contributed by atoms with van der Waals surface area (Å²) < 4.78 is 20.1. The molecule has 0 saturated heterocycles. The van der Waals surface area contributed by atoms with Crippen LogP contribution in [0, 0.1) is 11.7 Å². The number of carbonyl (C=O) groups excluding carboxylic acids is 2. The van der Waals surface area contributed by atoms with Gasteiger partial charge in [0, 0.05) is 31.9 Å². The average Bonchev–Trinajstić information content (AvgIpc) is 3.55. The minimum Gasteiger partial charge on any atom is -0.489 e. The molecule has 1 aromatic rings. The summed E-state index contributed by atoms with van der Waals surface area (Å²) in [7, 11) is 1.82. The second-order valence-corrected chi connectivity index (χ2v) is 7.92. The van der Waals surface area contributed by atoms with Gasteiger partial charge in [0.1, 0.15) is 6.61 Å². The number of fused-ring (bicyclic) bond motifs is 1. The quantitative estimate of drug-likeness (QED) is 0.638. The summed E-state index contributed by atoms with van der Waals surface area (Å²) in [6.45, 7) is 5.54. The lowest BCUT2D eigenvalue weighted by atomic mass is 10.1. The van der Waals surface area contributed by atoms with Crippen molar-refractivity contribution in [2.45, 2.75) is 31.7 Å². The summed E-state index contributed by atoms with van der Waals surface area (Å²) in [5.41, 5.74) is 1.60. The standard InChI is InChI=1S/C22H31FN4O3/c1-15-21(16-8-9-16)25-11-12-30-22-17(5-3-7-18(22)23)6-4-10-24-19(28)13-26-20(29)14-27(15)2/h3,5,7,16,21,25H,1,4,6,8-14H2,2H3,(H,24,28)(H,26,29). The highest BCUT2D eigenvalue weighted by molar-refractivity contribution is 5.85. The van der Waals surface area contributed by atoms with Gasteiger partial charge in [-0.05, 0) is 43.2 Å². The summed E-state index contributed by atoms with van der Waals surface area (Å²) in [5.74, 6) is -0.103. The van der Waals surface area contributed by atoms with Gasteiger partial charge >= 0.3 is 0 Å². The first kappa shape index (κ1) is 22.1. The van der Waals surface area contributed by atoms with Crippen molar-refractivity contribution in [2.75, 3.05) is 39.8 Å². The highest BCUT2D eigenvalue weighted by Crippen LogP contribution is 2.35. The molecular formula is C22H31FN4O3. The van der Waals surface area contributed by atoms with E-state index in [0.29, 0.717) is 38.5 Å². The van der Waals surface area contributed by atoms with Crippen LogP contribution >= 0.6 is 0 Å². The summed E-state index contributed by atoms with van der Waals surface area (Å²) in [5, 5.41) is 8.87. The second kappa shape index (κ2) is 10.4. The number of halogens is 1. The van der Waals surface area contributed by atoms with Gasteiger partial charge in [-0.25, -0.2) is 4.39 Å². The molecule has 0 bridgehead atoms. The van der Waals surface area contributed by atoms with Crippen LogP contribution in [0.1, 0.15) is 24.8 Å². The van der Waals surface area contributed by atoms with Crippen molar-refractivity contribution < 1.29 is 18.7 Å². The molecule has 30 heavy (non-hydrogen) atoms. The first-order valence-electron chi connectivity index (χ1n) is 10.5. The van der Waals surface area contributed by atoms with E-state index in [0.717, 1.165) is 24.1 Å². The van der Waals surface area contributed by atoms with Gasteiger partial charge in [-0.1, -0.05) is 18.7 Å². The molecule has 1 unspecified atom stereocenters. The van der Waals surface area contributed by atoms with E-state index in [2.05, 4.69) is 22.5 Å². The maximum Gasteiger partial charge on any atom is 0.239 e. The number of para-hydroxylation sites is 1. The van der Waals surface area contributed by atoms with Gasteiger partial charge in [-0.15, -0.1) is 0 Å². The average molecular weight is 419 g/mol. The topological polar surface area (TPSA) is 82.7 Å². The third-order valence-corrected chi connectivity index (χ3v) is 5.48. The van der Waals surface area contributed by atoms with Crippen molar-refractivity contribution >= 4 is 11.8 Å². The molecule has 1 atom stereocenters. The molecule has 1 fully saturated rings. The normalized spacial score (nSPS) is 22.8. The molecule has 0 radical (unpaired) electrons. The van der Waals surface area contributed by atoms with Crippen LogP contribution in [0.3, 0.4) is 0 Å². The van der Waals surface area contributed by atoms with Crippen LogP contribution in [0.25, 0.3) is 0 Å². The lowest BCUT2D eigenvalue weighted by Crippen LogP contribution is -2.45. The van der Waals surface area contributed by atoms with E-state index in [1.807, 2.05) is 18.0 Å².